The Morgan fingerprint density at radius 1 is 1.14 bits per heavy atom. The zero-order valence-corrected chi connectivity index (χ0v) is 13.6. The van der Waals surface area contributed by atoms with Gasteiger partial charge in [-0.2, -0.15) is 0 Å². The van der Waals surface area contributed by atoms with Crippen LogP contribution in [0.1, 0.15) is 27.2 Å². The molecule has 0 spiro atoms. The molecule has 21 heavy (non-hydrogen) atoms. The van der Waals surface area contributed by atoms with Crippen molar-refractivity contribution >= 4 is 17.8 Å². The van der Waals surface area contributed by atoms with E-state index < -0.39 is 0 Å². The SMILES string of the molecule is CCCNC(=O)CN(C)C(=O)CN(CC(=O)OC)C(C)C. The van der Waals surface area contributed by atoms with E-state index in [1.54, 1.807) is 11.9 Å². The van der Waals surface area contributed by atoms with Gasteiger partial charge in [-0.1, -0.05) is 6.92 Å². The molecule has 0 aromatic heterocycles. The Morgan fingerprint density at radius 3 is 2.24 bits per heavy atom. The highest BCUT2D eigenvalue weighted by atomic mass is 16.5. The van der Waals surface area contributed by atoms with Crippen LogP contribution in [0.3, 0.4) is 0 Å². The first-order chi connectivity index (χ1) is 9.81. The van der Waals surface area contributed by atoms with E-state index in [4.69, 9.17) is 0 Å². The van der Waals surface area contributed by atoms with Crippen molar-refractivity contribution in [2.45, 2.75) is 33.2 Å². The third kappa shape index (κ3) is 8.29. The normalized spacial score (nSPS) is 10.6. The van der Waals surface area contributed by atoms with Gasteiger partial charge in [0.05, 0.1) is 26.7 Å². The highest BCUT2D eigenvalue weighted by Gasteiger charge is 2.20. The summed E-state index contributed by atoms with van der Waals surface area (Å²) >= 11 is 0. The van der Waals surface area contributed by atoms with Gasteiger partial charge in [0.15, 0.2) is 0 Å². The third-order valence-electron chi connectivity index (χ3n) is 3.01. The van der Waals surface area contributed by atoms with Gasteiger partial charge in [-0.25, -0.2) is 0 Å². The Hall–Kier alpha value is -1.63. The average molecular weight is 301 g/mol. The number of carbonyl (C=O) groups excluding carboxylic acids is 3. The molecule has 0 radical (unpaired) electrons. The minimum absolute atomic E-state index is 0.0169. The van der Waals surface area contributed by atoms with Gasteiger partial charge < -0.3 is 15.0 Å². The zero-order chi connectivity index (χ0) is 16.4. The van der Waals surface area contributed by atoms with Crippen molar-refractivity contribution in [3.05, 3.63) is 0 Å². The molecule has 0 aliphatic carbocycles. The summed E-state index contributed by atoms with van der Waals surface area (Å²) in [5.74, 6) is -0.782. The maximum absolute atomic E-state index is 12.1. The molecule has 1 N–H and O–H groups in total. The Balaban J connectivity index is 4.40. The summed E-state index contributed by atoms with van der Waals surface area (Å²) in [6.07, 6.45) is 0.851. The quantitative estimate of drug-likeness (QED) is 0.599. The lowest BCUT2D eigenvalue weighted by Crippen LogP contribution is -2.46. The van der Waals surface area contributed by atoms with Crippen LogP contribution in [-0.4, -0.2) is 74.0 Å². The molecule has 0 unspecified atom stereocenters. The monoisotopic (exact) mass is 301 g/mol. The number of carbonyl (C=O) groups is 3. The third-order valence-corrected chi connectivity index (χ3v) is 3.01. The van der Waals surface area contributed by atoms with E-state index in [0.717, 1.165) is 6.42 Å². The number of esters is 1. The molecule has 7 heteroatoms. The molecule has 0 fully saturated rings. The number of ether oxygens (including phenoxy) is 1. The van der Waals surface area contributed by atoms with Crippen molar-refractivity contribution in [2.75, 3.05) is 40.3 Å². The number of methoxy groups -OCH3 is 1. The molecule has 0 saturated heterocycles. The van der Waals surface area contributed by atoms with Crippen LogP contribution in [-0.2, 0) is 19.1 Å². The van der Waals surface area contributed by atoms with Gasteiger partial charge >= 0.3 is 5.97 Å². The first-order valence-electron chi connectivity index (χ1n) is 7.13. The number of nitrogens with one attached hydrogen (secondary N) is 1. The minimum atomic E-state index is -0.389. The van der Waals surface area contributed by atoms with Gasteiger partial charge in [0.25, 0.3) is 0 Å². The average Bonchev–Trinajstić information content (AvgIpc) is 2.43. The van der Waals surface area contributed by atoms with Crippen LogP contribution < -0.4 is 5.32 Å². The van der Waals surface area contributed by atoms with Crippen molar-refractivity contribution in [1.29, 1.82) is 0 Å². The molecule has 0 saturated carbocycles. The highest BCUT2D eigenvalue weighted by molar-refractivity contribution is 5.85. The van der Waals surface area contributed by atoms with Gasteiger partial charge in [-0.15, -0.1) is 0 Å². The summed E-state index contributed by atoms with van der Waals surface area (Å²) in [4.78, 5) is 38.0. The van der Waals surface area contributed by atoms with Gasteiger partial charge in [0.2, 0.25) is 11.8 Å². The lowest BCUT2D eigenvalue weighted by molar-refractivity contribution is -0.144. The largest absolute Gasteiger partial charge is 0.468 e. The molecule has 2 amide bonds. The van der Waals surface area contributed by atoms with Crippen LogP contribution in [0, 0.1) is 0 Å². The Bertz CT molecular complexity index is 358. The standard InChI is InChI=1S/C14H27N3O4/c1-6-7-15-12(18)8-16(4)13(19)9-17(11(2)3)10-14(20)21-5/h11H,6-10H2,1-5H3,(H,15,18). The summed E-state index contributed by atoms with van der Waals surface area (Å²) < 4.78 is 4.61. The van der Waals surface area contributed by atoms with Crippen LogP contribution >= 0.6 is 0 Å². The predicted octanol–water partition coefficient (Wildman–Crippen LogP) is -0.146. The van der Waals surface area contributed by atoms with Gasteiger partial charge in [0, 0.05) is 19.6 Å². The van der Waals surface area contributed by atoms with E-state index in [0.29, 0.717) is 6.54 Å². The van der Waals surface area contributed by atoms with Crippen LogP contribution in [0.5, 0.6) is 0 Å². The topological polar surface area (TPSA) is 79.0 Å². The smallest absolute Gasteiger partial charge is 0.319 e. The minimum Gasteiger partial charge on any atom is -0.468 e. The first-order valence-corrected chi connectivity index (χ1v) is 7.13. The lowest BCUT2D eigenvalue weighted by Gasteiger charge is -2.26. The zero-order valence-electron chi connectivity index (χ0n) is 13.6. The number of nitrogens with zero attached hydrogens (tertiary/aromatic N) is 2. The second-order valence-electron chi connectivity index (χ2n) is 5.17. The fraction of sp³-hybridized carbons (Fsp3) is 0.786. The van der Waals surface area contributed by atoms with Crippen molar-refractivity contribution in [1.82, 2.24) is 15.1 Å². The van der Waals surface area contributed by atoms with Crippen LogP contribution in [0.4, 0.5) is 0 Å². The summed E-state index contributed by atoms with van der Waals surface area (Å²) in [5.41, 5.74) is 0. The second kappa shape index (κ2) is 10.1. The van der Waals surface area contributed by atoms with Gasteiger partial charge in [-0.3, -0.25) is 19.3 Å². The maximum Gasteiger partial charge on any atom is 0.319 e. The van der Waals surface area contributed by atoms with E-state index in [9.17, 15) is 14.4 Å². The number of hydrogen-bond donors (Lipinski definition) is 1. The van der Waals surface area contributed by atoms with E-state index in [-0.39, 0.29) is 43.5 Å². The Kier molecular flexibility index (Phi) is 9.36. The first kappa shape index (κ1) is 19.4. The van der Waals surface area contributed by atoms with Gasteiger partial charge in [0.1, 0.15) is 0 Å². The molecule has 0 atom stereocenters. The molecule has 0 aromatic carbocycles. The molecular weight excluding hydrogens is 274 g/mol. The van der Waals surface area contributed by atoms with E-state index in [2.05, 4.69) is 10.1 Å². The summed E-state index contributed by atoms with van der Waals surface area (Å²) in [7, 11) is 2.89. The fourth-order valence-corrected chi connectivity index (χ4v) is 1.57. The van der Waals surface area contributed by atoms with Crippen molar-refractivity contribution in [3.8, 4) is 0 Å². The molecule has 0 bridgehead atoms. The van der Waals surface area contributed by atoms with E-state index >= 15 is 0 Å². The van der Waals surface area contributed by atoms with Gasteiger partial charge in [-0.05, 0) is 20.3 Å². The van der Waals surface area contributed by atoms with Crippen LogP contribution in [0.25, 0.3) is 0 Å². The predicted molar refractivity (Wildman–Crippen MR) is 79.7 cm³/mol. The Labute approximate surface area is 126 Å². The van der Waals surface area contributed by atoms with Crippen molar-refractivity contribution < 1.29 is 19.1 Å². The molecule has 0 heterocycles. The second-order valence-corrected chi connectivity index (χ2v) is 5.17. The number of likely N-dealkylation sites (N-methyl/N-ethyl adjacent to an activating group) is 1. The number of rotatable bonds is 9. The lowest BCUT2D eigenvalue weighted by atomic mass is 10.3. The molecule has 7 nitrogen and oxygen atoms in total. The fourth-order valence-electron chi connectivity index (χ4n) is 1.57. The summed E-state index contributed by atoms with van der Waals surface area (Å²) in [5, 5.41) is 2.71. The molecule has 122 valence electrons. The maximum atomic E-state index is 12.1. The highest BCUT2D eigenvalue weighted by Crippen LogP contribution is 2.00. The molecule has 0 aliphatic rings. The summed E-state index contributed by atoms with van der Waals surface area (Å²) in [6, 6.07) is 0.0235. The van der Waals surface area contributed by atoms with Crippen molar-refractivity contribution in [2.24, 2.45) is 0 Å². The molecule has 0 rings (SSSR count). The van der Waals surface area contributed by atoms with E-state index in [1.807, 2.05) is 20.8 Å². The number of amides is 2. The molecular formula is C14H27N3O4. The van der Waals surface area contributed by atoms with Crippen molar-refractivity contribution in [3.63, 3.8) is 0 Å². The van der Waals surface area contributed by atoms with E-state index in [1.165, 1.54) is 12.0 Å². The molecule has 0 aliphatic heterocycles. The molecule has 0 aromatic rings. The Morgan fingerprint density at radius 2 is 1.76 bits per heavy atom. The number of hydrogen-bond acceptors (Lipinski definition) is 5. The van der Waals surface area contributed by atoms with Crippen LogP contribution in [0.2, 0.25) is 0 Å². The summed E-state index contributed by atoms with van der Waals surface area (Å²) in [6.45, 7) is 6.49. The van der Waals surface area contributed by atoms with Crippen LogP contribution in [0.15, 0.2) is 0 Å².